The summed E-state index contributed by atoms with van der Waals surface area (Å²) in [7, 11) is -1.80. The fourth-order valence-corrected chi connectivity index (χ4v) is 3.27. The van der Waals surface area contributed by atoms with Gasteiger partial charge in [0.2, 0.25) is 10.0 Å². The second kappa shape index (κ2) is 6.50. The van der Waals surface area contributed by atoms with Crippen LogP contribution in [0.4, 0.5) is 4.39 Å². The van der Waals surface area contributed by atoms with E-state index in [1.54, 1.807) is 19.1 Å². The van der Waals surface area contributed by atoms with Crippen LogP contribution in [0.3, 0.4) is 0 Å². The van der Waals surface area contributed by atoms with Gasteiger partial charge in [0.1, 0.15) is 5.82 Å². The molecular weight excluding hydrogens is 277 g/mol. The standard InChI is InChI=1S/C12H17ClFNO2S/c1-10(11-4-6-12(14)7-5-11)15(2)18(16,17)9-3-8-13/h4-7,10H,3,8-9H2,1-2H3/t10-/m0/s1. The highest BCUT2D eigenvalue weighted by molar-refractivity contribution is 7.89. The lowest BCUT2D eigenvalue weighted by molar-refractivity contribution is 0.398. The number of hydrogen-bond donors (Lipinski definition) is 0. The average molecular weight is 294 g/mol. The van der Waals surface area contributed by atoms with Gasteiger partial charge in [0, 0.05) is 19.0 Å². The smallest absolute Gasteiger partial charge is 0.212 e. The molecule has 1 rings (SSSR count). The van der Waals surface area contributed by atoms with Crippen LogP contribution < -0.4 is 0 Å². The summed E-state index contributed by atoms with van der Waals surface area (Å²) in [6.45, 7) is 1.77. The summed E-state index contributed by atoms with van der Waals surface area (Å²) in [6.07, 6.45) is 0.421. The first-order chi connectivity index (χ1) is 8.38. The quantitative estimate of drug-likeness (QED) is 0.756. The first kappa shape index (κ1) is 15.4. The van der Waals surface area contributed by atoms with Gasteiger partial charge in [0.05, 0.1) is 5.75 Å². The summed E-state index contributed by atoms with van der Waals surface area (Å²) >= 11 is 5.50. The topological polar surface area (TPSA) is 37.4 Å². The number of rotatable bonds is 6. The molecule has 0 saturated heterocycles. The van der Waals surface area contributed by atoms with Gasteiger partial charge < -0.3 is 0 Å². The van der Waals surface area contributed by atoms with Crippen LogP contribution in [-0.2, 0) is 10.0 Å². The Hall–Kier alpha value is -0.650. The highest BCUT2D eigenvalue weighted by atomic mass is 35.5. The maximum absolute atomic E-state index is 12.8. The summed E-state index contributed by atoms with van der Waals surface area (Å²) in [5.74, 6) is 0.00915. The summed E-state index contributed by atoms with van der Waals surface area (Å²) in [5.41, 5.74) is 0.758. The number of benzene rings is 1. The monoisotopic (exact) mass is 293 g/mol. The minimum Gasteiger partial charge on any atom is -0.212 e. The normalized spacial score (nSPS) is 13.8. The number of halogens is 2. The van der Waals surface area contributed by atoms with Gasteiger partial charge >= 0.3 is 0 Å². The van der Waals surface area contributed by atoms with Gasteiger partial charge in [-0.05, 0) is 31.0 Å². The van der Waals surface area contributed by atoms with Crippen LogP contribution in [0.15, 0.2) is 24.3 Å². The highest BCUT2D eigenvalue weighted by Gasteiger charge is 2.23. The number of sulfonamides is 1. The third kappa shape index (κ3) is 3.93. The fraction of sp³-hybridized carbons (Fsp3) is 0.500. The van der Waals surface area contributed by atoms with Crippen LogP contribution in [0.1, 0.15) is 24.9 Å². The van der Waals surface area contributed by atoms with Crippen LogP contribution in [0.5, 0.6) is 0 Å². The van der Waals surface area contributed by atoms with E-state index in [-0.39, 0.29) is 17.6 Å². The SMILES string of the molecule is C[C@@H](c1ccc(F)cc1)N(C)S(=O)(=O)CCCCl. The minimum atomic E-state index is -3.32. The Balaban J connectivity index is 2.83. The van der Waals surface area contributed by atoms with Crippen LogP contribution >= 0.6 is 11.6 Å². The largest absolute Gasteiger partial charge is 0.214 e. The molecule has 1 aromatic rings. The third-order valence-corrected chi connectivity index (χ3v) is 5.14. The Morgan fingerprint density at radius 3 is 2.39 bits per heavy atom. The van der Waals surface area contributed by atoms with E-state index in [1.807, 2.05) is 0 Å². The Labute approximate surface area is 113 Å². The maximum atomic E-state index is 12.8. The lowest BCUT2D eigenvalue weighted by atomic mass is 10.1. The van der Waals surface area contributed by atoms with E-state index in [9.17, 15) is 12.8 Å². The van der Waals surface area contributed by atoms with Gasteiger partial charge in [-0.2, -0.15) is 4.31 Å². The van der Waals surface area contributed by atoms with Crippen molar-refractivity contribution in [1.29, 1.82) is 0 Å². The molecule has 6 heteroatoms. The van der Waals surface area contributed by atoms with E-state index in [2.05, 4.69) is 0 Å². The molecule has 0 saturated carbocycles. The molecule has 1 atom stereocenters. The molecule has 0 aliphatic heterocycles. The summed E-state index contributed by atoms with van der Waals surface area (Å²) in [6, 6.07) is 5.50. The van der Waals surface area contributed by atoms with E-state index < -0.39 is 10.0 Å². The molecule has 0 aliphatic rings. The Kier molecular flexibility index (Phi) is 5.56. The predicted octanol–water partition coefficient (Wildman–Crippen LogP) is 2.78. The first-order valence-electron chi connectivity index (χ1n) is 5.65. The molecule has 18 heavy (non-hydrogen) atoms. The Bertz CT molecular complexity index is 475. The number of hydrogen-bond acceptors (Lipinski definition) is 2. The van der Waals surface area contributed by atoms with E-state index in [4.69, 9.17) is 11.6 Å². The molecule has 0 amide bonds. The second-order valence-electron chi connectivity index (χ2n) is 4.10. The third-order valence-electron chi connectivity index (χ3n) is 2.87. The zero-order valence-corrected chi connectivity index (χ0v) is 12.0. The summed E-state index contributed by atoms with van der Waals surface area (Å²) in [5, 5.41) is 0. The van der Waals surface area contributed by atoms with Crippen LogP contribution in [0, 0.1) is 5.82 Å². The molecule has 0 bridgehead atoms. The molecule has 0 aliphatic carbocycles. The molecule has 0 N–H and O–H groups in total. The van der Waals surface area contributed by atoms with Gasteiger partial charge in [-0.1, -0.05) is 12.1 Å². The lowest BCUT2D eigenvalue weighted by Crippen LogP contribution is -2.31. The van der Waals surface area contributed by atoms with Gasteiger partial charge in [-0.3, -0.25) is 0 Å². The van der Waals surface area contributed by atoms with Gasteiger partial charge in [0.25, 0.3) is 0 Å². The van der Waals surface area contributed by atoms with Crippen LogP contribution in [-0.4, -0.2) is 31.4 Å². The van der Waals surface area contributed by atoms with E-state index in [1.165, 1.54) is 23.5 Å². The molecule has 0 radical (unpaired) electrons. The number of alkyl halides is 1. The first-order valence-corrected chi connectivity index (χ1v) is 7.80. The highest BCUT2D eigenvalue weighted by Crippen LogP contribution is 2.22. The number of nitrogens with zero attached hydrogens (tertiary/aromatic N) is 1. The van der Waals surface area contributed by atoms with E-state index in [0.29, 0.717) is 12.3 Å². The van der Waals surface area contributed by atoms with Crippen molar-refractivity contribution in [3.63, 3.8) is 0 Å². The van der Waals surface area contributed by atoms with Crippen molar-refractivity contribution in [2.24, 2.45) is 0 Å². The zero-order chi connectivity index (χ0) is 13.8. The predicted molar refractivity (Wildman–Crippen MR) is 71.7 cm³/mol. The molecule has 3 nitrogen and oxygen atoms in total. The van der Waals surface area contributed by atoms with E-state index in [0.717, 1.165) is 5.56 Å². The molecule has 0 heterocycles. The van der Waals surface area contributed by atoms with Crippen molar-refractivity contribution in [3.8, 4) is 0 Å². The van der Waals surface area contributed by atoms with Crippen LogP contribution in [0.25, 0.3) is 0 Å². The summed E-state index contributed by atoms with van der Waals surface area (Å²) in [4.78, 5) is 0. The van der Waals surface area contributed by atoms with Gasteiger partial charge in [-0.15, -0.1) is 11.6 Å². The molecule has 0 unspecified atom stereocenters. The van der Waals surface area contributed by atoms with Crippen molar-refractivity contribution >= 4 is 21.6 Å². The van der Waals surface area contributed by atoms with E-state index >= 15 is 0 Å². The van der Waals surface area contributed by atoms with Crippen molar-refractivity contribution in [1.82, 2.24) is 4.31 Å². The second-order valence-corrected chi connectivity index (χ2v) is 6.63. The van der Waals surface area contributed by atoms with Gasteiger partial charge in [0.15, 0.2) is 0 Å². The zero-order valence-electron chi connectivity index (χ0n) is 10.4. The van der Waals surface area contributed by atoms with Crippen molar-refractivity contribution in [2.45, 2.75) is 19.4 Å². The minimum absolute atomic E-state index is 0.0263. The van der Waals surface area contributed by atoms with Crippen molar-refractivity contribution in [2.75, 3.05) is 18.7 Å². The molecule has 0 fully saturated rings. The van der Waals surface area contributed by atoms with Crippen LogP contribution in [0.2, 0.25) is 0 Å². The molecular formula is C12H17ClFNO2S. The fourth-order valence-electron chi connectivity index (χ4n) is 1.57. The summed E-state index contributed by atoms with van der Waals surface area (Å²) < 4.78 is 38.0. The van der Waals surface area contributed by atoms with Gasteiger partial charge in [-0.25, -0.2) is 12.8 Å². The van der Waals surface area contributed by atoms with Crippen molar-refractivity contribution in [3.05, 3.63) is 35.6 Å². The molecule has 0 spiro atoms. The average Bonchev–Trinajstić information content (AvgIpc) is 2.35. The molecule has 1 aromatic carbocycles. The molecule has 0 aromatic heterocycles. The van der Waals surface area contributed by atoms with Crippen molar-refractivity contribution < 1.29 is 12.8 Å². The molecule has 102 valence electrons. The lowest BCUT2D eigenvalue weighted by Gasteiger charge is -2.24. The Morgan fingerprint density at radius 2 is 1.89 bits per heavy atom. The maximum Gasteiger partial charge on any atom is 0.214 e. The Morgan fingerprint density at radius 1 is 1.33 bits per heavy atom.